The van der Waals surface area contributed by atoms with Crippen LogP contribution in [0.5, 0.6) is 11.5 Å². The van der Waals surface area contributed by atoms with Crippen molar-refractivity contribution >= 4 is 5.78 Å². The fraction of sp³-hybridized carbons (Fsp3) is 0.562. The average Bonchev–Trinajstić information content (AvgIpc) is 2.46. The lowest BCUT2D eigenvalue weighted by molar-refractivity contribution is 0.0987. The minimum Gasteiger partial charge on any atom is -0.490 e. The Morgan fingerprint density at radius 1 is 1.15 bits per heavy atom. The first-order valence-electron chi connectivity index (χ1n) is 7.28. The Hall–Kier alpha value is -1.55. The monoisotopic (exact) mass is 279 g/mol. The van der Waals surface area contributed by atoms with Crippen LogP contribution in [0.4, 0.5) is 0 Å². The zero-order valence-electron chi connectivity index (χ0n) is 12.9. The standard InChI is InChI=1S/C16H25NO3/c1-5-12(4)17-11-14(18)13-8-9-15(19-6-2)16(10-13)20-7-3/h8-10,12,17H,5-7,11H2,1-4H3. The van der Waals surface area contributed by atoms with Crippen LogP contribution < -0.4 is 14.8 Å². The van der Waals surface area contributed by atoms with Gasteiger partial charge in [0.15, 0.2) is 17.3 Å². The van der Waals surface area contributed by atoms with Crippen molar-refractivity contribution in [3.8, 4) is 11.5 Å². The molecule has 0 amide bonds. The Bertz CT molecular complexity index is 432. The van der Waals surface area contributed by atoms with Crippen molar-refractivity contribution in [1.82, 2.24) is 5.32 Å². The Morgan fingerprint density at radius 2 is 1.80 bits per heavy atom. The molecule has 0 spiro atoms. The summed E-state index contributed by atoms with van der Waals surface area (Å²) in [6, 6.07) is 5.68. The highest BCUT2D eigenvalue weighted by Gasteiger charge is 2.12. The van der Waals surface area contributed by atoms with Gasteiger partial charge in [0.2, 0.25) is 0 Å². The molecule has 0 saturated heterocycles. The first kappa shape index (κ1) is 16.5. The van der Waals surface area contributed by atoms with Crippen molar-refractivity contribution in [2.75, 3.05) is 19.8 Å². The summed E-state index contributed by atoms with van der Waals surface area (Å²) in [5.74, 6) is 1.37. The van der Waals surface area contributed by atoms with E-state index in [0.717, 1.165) is 6.42 Å². The van der Waals surface area contributed by atoms with Gasteiger partial charge in [-0.3, -0.25) is 4.79 Å². The number of hydrogen-bond donors (Lipinski definition) is 1. The second-order valence-electron chi connectivity index (χ2n) is 4.64. The molecule has 1 aromatic rings. The first-order valence-corrected chi connectivity index (χ1v) is 7.28. The van der Waals surface area contributed by atoms with Gasteiger partial charge in [0, 0.05) is 11.6 Å². The average molecular weight is 279 g/mol. The summed E-state index contributed by atoms with van der Waals surface area (Å²) in [5.41, 5.74) is 0.646. The lowest BCUT2D eigenvalue weighted by atomic mass is 10.1. The lowest BCUT2D eigenvalue weighted by Crippen LogP contribution is -2.30. The quantitative estimate of drug-likeness (QED) is 0.706. The maximum absolute atomic E-state index is 12.1. The van der Waals surface area contributed by atoms with E-state index in [1.165, 1.54) is 0 Å². The van der Waals surface area contributed by atoms with Gasteiger partial charge in [-0.15, -0.1) is 0 Å². The van der Waals surface area contributed by atoms with Gasteiger partial charge in [-0.1, -0.05) is 6.92 Å². The van der Waals surface area contributed by atoms with E-state index < -0.39 is 0 Å². The number of rotatable bonds is 9. The molecule has 4 nitrogen and oxygen atoms in total. The number of ketones is 1. The molecule has 0 aliphatic rings. The molecule has 1 unspecified atom stereocenters. The third-order valence-electron chi connectivity index (χ3n) is 3.09. The van der Waals surface area contributed by atoms with Crippen LogP contribution in [-0.4, -0.2) is 31.6 Å². The zero-order valence-corrected chi connectivity index (χ0v) is 12.9. The van der Waals surface area contributed by atoms with Crippen molar-refractivity contribution in [2.24, 2.45) is 0 Å². The molecule has 20 heavy (non-hydrogen) atoms. The Kier molecular flexibility index (Phi) is 7.09. The molecular weight excluding hydrogens is 254 g/mol. The maximum Gasteiger partial charge on any atom is 0.176 e. The van der Waals surface area contributed by atoms with Crippen molar-refractivity contribution in [2.45, 2.75) is 40.2 Å². The van der Waals surface area contributed by atoms with Crippen LogP contribution in [0.1, 0.15) is 44.5 Å². The Morgan fingerprint density at radius 3 is 2.40 bits per heavy atom. The zero-order chi connectivity index (χ0) is 15.0. The van der Waals surface area contributed by atoms with Gasteiger partial charge >= 0.3 is 0 Å². The predicted octanol–water partition coefficient (Wildman–Crippen LogP) is 3.05. The van der Waals surface area contributed by atoms with E-state index in [2.05, 4.69) is 19.2 Å². The second kappa shape index (κ2) is 8.59. The van der Waals surface area contributed by atoms with Gasteiger partial charge in [0.05, 0.1) is 19.8 Å². The SMILES string of the molecule is CCOc1ccc(C(=O)CNC(C)CC)cc1OCC. The van der Waals surface area contributed by atoms with Crippen LogP contribution in [0, 0.1) is 0 Å². The Labute approximate surface area is 121 Å². The van der Waals surface area contributed by atoms with E-state index in [-0.39, 0.29) is 5.78 Å². The minimum absolute atomic E-state index is 0.0642. The highest BCUT2D eigenvalue weighted by molar-refractivity contribution is 5.98. The summed E-state index contributed by atoms with van der Waals surface area (Å²) in [7, 11) is 0. The molecular formula is C16H25NO3. The molecule has 1 aromatic carbocycles. The molecule has 1 rings (SSSR count). The van der Waals surface area contributed by atoms with E-state index >= 15 is 0 Å². The fourth-order valence-electron chi connectivity index (χ4n) is 1.74. The van der Waals surface area contributed by atoms with Crippen molar-refractivity contribution < 1.29 is 14.3 Å². The number of carbonyl (C=O) groups is 1. The lowest BCUT2D eigenvalue weighted by Gasteiger charge is -2.13. The first-order chi connectivity index (χ1) is 9.62. The number of carbonyl (C=O) groups excluding carboxylic acids is 1. The van der Waals surface area contributed by atoms with Gasteiger partial charge in [-0.2, -0.15) is 0 Å². The van der Waals surface area contributed by atoms with Crippen LogP contribution in [0.3, 0.4) is 0 Å². The van der Waals surface area contributed by atoms with E-state index in [1.54, 1.807) is 18.2 Å². The number of Topliss-reactive ketones (excluding diaryl/α,β-unsaturated/α-hetero) is 1. The highest BCUT2D eigenvalue weighted by Crippen LogP contribution is 2.28. The topological polar surface area (TPSA) is 47.6 Å². The normalized spacial score (nSPS) is 12.0. The summed E-state index contributed by atoms with van der Waals surface area (Å²) >= 11 is 0. The molecule has 4 heteroatoms. The maximum atomic E-state index is 12.1. The van der Waals surface area contributed by atoms with Crippen molar-refractivity contribution in [1.29, 1.82) is 0 Å². The summed E-state index contributed by atoms with van der Waals surface area (Å²) in [6.07, 6.45) is 1.00. The molecule has 0 bridgehead atoms. The summed E-state index contributed by atoms with van der Waals surface area (Å²) < 4.78 is 11.0. The summed E-state index contributed by atoms with van der Waals surface area (Å²) in [5, 5.41) is 3.20. The molecule has 1 N–H and O–H groups in total. The minimum atomic E-state index is 0.0642. The van der Waals surface area contributed by atoms with Crippen LogP contribution >= 0.6 is 0 Å². The summed E-state index contributed by atoms with van der Waals surface area (Å²) in [6.45, 7) is 9.45. The van der Waals surface area contributed by atoms with Gasteiger partial charge in [-0.05, 0) is 45.4 Å². The molecule has 0 heterocycles. The Balaban J connectivity index is 2.79. The van der Waals surface area contributed by atoms with Gasteiger partial charge in [0.1, 0.15) is 0 Å². The van der Waals surface area contributed by atoms with Gasteiger partial charge in [-0.25, -0.2) is 0 Å². The fourth-order valence-corrected chi connectivity index (χ4v) is 1.74. The number of nitrogens with one attached hydrogen (secondary N) is 1. The van der Waals surface area contributed by atoms with Gasteiger partial charge < -0.3 is 14.8 Å². The number of hydrogen-bond acceptors (Lipinski definition) is 4. The molecule has 0 aromatic heterocycles. The smallest absolute Gasteiger partial charge is 0.176 e. The van der Waals surface area contributed by atoms with E-state index in [1.807, 2.05) is 13.8 Å². The highest BCUT2D eigenvalue weighted by atomic mass is 16.5. The van der Waals surface area contributed by atoms with E-state index in [9.17, 15) is 4.79 Å². The molecule has 0 radical (unpaired) electrons. The van der Waals surface area contributed by atoms with Crippen LogP contribution in [0.15, 0.2) is 18.2 Å². The van der Waals surface area contributed by atoms with Crippen LogP contribution in [0.2, 0.25) is 0 Å². The second-order valence-corrected chi connectivity index (χ2v) is 4.64. The van der Waals surface area contributed by atoms with E-state index in [0.29, 0.717) is 42.9 Å². The molecule has 0 fully saturated rings. The van der Waals surface area contributed by atoms with E-state index in [4.69, 9.17) is 9.47 Å². The molecule has 1 atom stereocenters. The largest absolute Gasteiger partial charge is 0.490 e. The predicted molar refractivity (Wildman–Crippen MR) is 80.9 cm³/mol. The van der Waals surface area contributed by atoms with Crippen molar-refractivity contribution in [3.63, 3.8) is 0 Å². The molecule has 0 aliphatic carbocycles. The van der Waals surface area contributed by atoms with Gasteiger partial charge in [0.25, 0.3) is 0 Å². The number of benzene rings is 1. The number of ether oxygens (including phenoxy) is 2. The third kappa shape index (κ3) is 4.85. The molecule has 112 valence electrons. The third-order valence-corrected chi connectivity index (χ3v) is 3.09. The van der Waals surface area contributed by atoms with Crippen molar-refractivity contribution in [3.05, 3.63) is 23.8 Å². The van der Waals surface area contributed by atoms with Crippen LogP contribution in [-0.2, 0) is 0 Å². The molecule has 0 saturated carbocycles. The molecule has 0 aliphatic heterocycles. The summed E-state index contributed by atoms with van der Waals surface area (Å²) in [4.78, 5) is 12.1. The van der Waals surface area contributed by atoms with Crippen LogP contribution in [0.25, 0.3) is 0 Å².